The van der Waals surface area contributed by atoms with E-state index in [1.807, 2.05) is 0 Å². The zero-order valence-electron chi connectivity index (χ0n) is 8.92. The van der Waals surface area contributed by atoms with Crippen molar-refractivity contribution in [3.63, 3.8) is 0 Å². The Morgan fingerprint density at radius 3 is 2.61 bits per heavy atom. The van der Waals surface area contributed by atoms with Crippen LogP contribution in [0.1, 0.15) is 9.67 Å². The van der Waals surface area contributed by atoms with Crippen LogP contribution in [0.2, 0.25) is 5.02 Å². The highest BCUT2D eigenvalue weighted by Crippen LogP contribution is 2.26. The van der Waals surface area contributed by atoms with E-state index in [0.29, 0.717) is 10.7 Å². The van der Waals surface area contributed by atoms with E-state index in [4.69, 9.17) is 11.6 Å². The van der Waals surface area contributed by atoms with Gasteiger partial charge in [-0.05, 0) is 18.2 Å². The zero-order valence-corrected chi connectivity index (χ0v) is 10.5. The lowest BCUT2D eigenvalue weighted by molar-refractivity contribution is -0.380. The molecular weight excluding hydrogens is 276 g/mol. The van der Waals surface area contributed by atoms with E-state index in [1.54, 1.807) is 24.3 Å². The molecule has 18 heavy (non-hydrogen) atoms. The molecule has 1 N–H and O–H groups in total. The number of carbonyl (C=O) groups is 1. The van der Waals surface area contributed by atoms with Gasteiger partial charge in [0.2, 0.25) is 0 Å². The third-order valence-corrected chi connectivity index (χ3v) is 3.48. The number of carbonyl (C=O) groups excluding carboxylic acids is 1. The van der Waals surface area contributed by atoms with Crippen molar-refractivity contribution in [3.8, 4) is 0 Å². The van der Waals surface area contributed by atoms with E-state index in [1.165, 1.54) is 12.1 Å². The summed E-state index contributed by atoms with van der Waals surface area (Å²) in [5.74, 6) is -0.416. The van der Waals surface area contributed by atoms with Crippen LogP contribution in [0.4, 0.5) is 10.7 Å². The monoisotopic (exact) mass is 282 g/mol. The Labute approximate surface area is 111 Å². The second-order valence-corrected chi connectivity index (χ2v) is 4.80. The SMILES string of the molecule is O=C(Nc1ccccc1Cl)c1ccc([N+](=O)[O-])s1. The van der Waals surface area contributed by atoms with Crippen LogP contribution in [0.3, 0.4) is 0 Å². The van der Waals surface area contributed by atoms with E-state index in [9.17, 15) is 14.9 Å². The van der Waals surface area contributed by atoms with Gasteiger partial charge in [-0.25, -0.2) is 0 Å². The van der Waals surface area contributed by atoms with Gasteiger partial charge in [0.1, 0.15) is 0 Å². The number of benzene rings is 1. The van der Waals surface area contributed by atoms with Gasteiger partial charge < -0.3 is 5.32 Å². The summed E-state index contributed by atoms with van der Waals surface area (Å²) >= 11 is 6.71. The standard InChI is InChI=1S/C11H7ClN2O3S/c12-7-3-1-2-4-8(7)13-11(15)9-5-6-10(18-9)14(16)17/h1-6H,(H,13,15). The number of para-hydroxylation sites is 1. The normalized spacial score (nSPS) is 10.1. The van der Waals surface area contributed by atoms with Gasteiger partial charge in [-0.2, -0.15) is 0 Å². The van der Waals surface area contributed by atoms with Crippen LogP contribution < -0.4 is 5.32 Å². The Morgan fingerprint density at radius 2 is 2.00 bits per heavy atom. The van der Waals surface area contributed by atoms with Gasteiger partial charge in [0.05, 0.1) is 20.5 Å². The molecule has 0 aliphatic rings. The zero-order chi connectivity index (χ0) is 13.1. The van der Waals surface area contributed by atoms with E-state index >= 15 is 0 Å². The molecule has 2 aromatic rings. The molecule has 0 atom stereocenters. The molecule has 1 amide bonds. The number of anilines is 1. The van der Waals surface area contributed by atoms with Gasteiger partial charge in [-0.15, -0.1) is 0 Å². The molecule has 0 bridgehead atoms. The Hall–Kier alpha value is -1.92. The maximum Gasteiger partial charge on any atom is 0.324 e. The van der Waals surface area contributed by atoms with Crippen molar-refractivity contribution >= 4 is 39.5 Å². The van der Waals surface area contributed by atoms with Crippen molar-refractivity contribution in [2.24, 2.45) is 0 Å². The quantitative estimate of drug-likeness (QED) is 0.691. The molecule has 0 unspecified atom stereocenters. The molecule has 0 fully saturated rings. The van der Waals surface area contributed by atoms with Gasteiger partial charge in [0, 0.05) is 6.07 Å². The molecular formula is C11H7ClN2O3S. The number of halogens is 1. The summed E-state index contributed by atoms with van der Waals surface area (Å²) in [6.07, 6.45) is 0. The van der Waals surface area contributed by atoms with E-state index in [-0.39, 0.29) is 9.88 Å². The number of nitrogens with zero attached hydrogens (tertiary/aromatic N) is 1. The van der Waals surface area contributed by atoms with E-state index in [0.717, 1.165) is 11.3 Å². The molecule has 92 valence electrons. The number of amides is 1. The van der Waals surface area contributed by atoms with Crippen LogP contribution >= 0.6 is 22.9 Å². The fraction of sp³-hybridized carbons (Fsp3) is 0. The van der Waals surface area contributed by atoms with Crippen molar-refractivity contribution in [1.29, 1.82) is 0 Å². The van der Waals surface area contributed by atoms with Crippen molar-refractivity contribution in [3.05, 3.63) is 56.4 Å². The third kappa shape index (κ3) is 2.66. The minimum atomic E-state index is -0.531. The first kappa shape index (κ1) is 12.5. The van der Waals surface area contributed by atoms with Crippen LogP contribution in [0, 0.1) is 10.1 Å². The molecule has 1 aromatic carbocycles. The molecule has 0 saturated heterocycles. The Kier molecular flexibility index (Phi) is 3.59. The minimum absolute atomic E-state index is 0.0701. The van der Waals surface area contributed by atoms with Crippen LogP contribution in [0.15, 0.2) is 36.4 Å². The second kappa shape index (κ2) is 5.16. The average Bonchev–Trinajstić information content (AvgIpc) is 2.81. The van der Waals surface area contributed by atoms with Gasteiger partial charge in [-0.3, -0.25) is 14.9 Å². The molecule has 1 aromatic heterocycles. The first-order valence-corrected chi connectivity index (χ1v) is 6.07. The topological polar surface area (TPSA) is 72.2 Å². The van der Waals surface area contributed by atoms with Crippen molar-refractivity contribution in [2.75, 3.05) is 5.32 Å². The highest BCUT2D eigenvalue weighted by Gasteiger charge is 2.15. The molecule has 7 heteroatoms. The summed E-state index contributed by atoms with van der Waals surface area (Å²) in [6, 6.07) is 9.49. The summed E-state index contributed by atoms with van der Waals surface area (Å²) in [5, 5.41) is 13.5. The number of thiophene rings is 1. The predicted molar refractivity (Wildman–Crippen MR) is 70.4 cm³/mol. The van der Waals surface area contributed by atoms with Crippen molar-refractivity contribution in [2.45, 2.75) is 0 Å². The number of hydrogen-bond donors (Lipinski definition) is 1. The fourth-order valence-electron chi connectivity index (χ4n) is 1.29. The Bertz CT molecular complexity index is 612. The van der Waals surface area contributed by atoms with Crippen LogP contribution in [-0.4, -0.2) is 10.8 Å². The first-order valence-electron chi connectivity index (χ1n) is 4.88. The summed E-state index contributed by atoms with van der Waals surface area (Å²) in [7, 11) is 0. The molecule has 0 saturated carbocycles. The molecule has 0 radical (unpaired) electrons. The number of nitro groups is 1. The van der Waals surface area contributed by atoms with Crippen molar-refractivity contribution < 1.29 is 9.72 Å². The van der Waals surface area contributed by atoms with E-state index < -0.39 is 10.8 Å². The summed E-state index contributed by atoms with van der Waals surface area (Å²) < 4.78 is 0. The predicted octanol–water partition coefficient (Wildman–Crippen LogP) is 3.56. The van der Waals surface area contributed by atoms with Gasteiger partial charge in [0.15, 0.2) is 0 Å². The lowest BCUT2D eigenvalue weighted by Gasteiger charge is -2.04. The van der Waals surface area contributed by atoms with Crippen LogP contribution in [0.5, 0.6) is 0 Å². The number of nitrogens with one attached hydrogen (secondary N) is 1. The van der Waals surface area contributed by atoms with E-state index in [2.05, 4.69) is 5.32 Å². The molecule has 0 spiro atoms. The highest BCUT2D eigenvalue weighted by atomic mass is 35.5. The van der Waals surface area contributed by atoms with Crippen LogP contribution in [-0.2, 0) is 0 Å². The Morgan fingerprint density at radius 1 is 1.28 bits per heavy atom. The number of hydrogen-bond acceptors (Lipinski definition) is 4. The molecule has 2 rings (SSSR count). The average molecular weight is 283 g/mol. The number of rotatable bonds is 3. The Balaban J connectivity index is 2.17. The van der Waals surface area contributed by atoms with Gasteiger partial charge in [-0.1, -0.05) is 35.1 Å². The first-order chi connectivity index (χ1) is 8.58. The van der Waals surface area contributed by atoms with Gasteiger partial charge in [0.25, 0.3) is 5.91 Å². The lowest BCUT2D eigenvalue weighted by atomic mass is 10.3. The maximum absolute atomic E-state index is 11.8. The second-order valence-electron chi connectivity index (χ2n) is 3.33. The summed E-state index contributed by atoms with van der Waals surface area (Å²) in [5.41, 5.74) is 0.472. The van der Waals surface area contributed by atoms with Crippen molar-refractivity contribution in [1.82, 2.24) is 0 Å². The largest absolute Gasteiger partial charge is 0.324 e. The molecule has 1 heterocycles. The molecule has 5 nitrogen and oxygen atoms in total. The van der Waals surface area contributed by atoms with Crippen LogP contribution in [0.25, 0.3) is 0 Å². The van der Waals surface area contributed by atoms with Gasteiger partial charge >= 0.3 is 5.00 Å². The third-order valence-electron chi connectivity index (χ3n) is 2.12. The smallest absolute Gasteiger partial charge is 0.320 e. The molecule has 0 aliphatic carbocycles. The summed E-state index contributed by atoms with van der Waals surface area (Å²) in [6.45, 7) is 0. The highest BCUT2D eigenvalue weighted by molar-refractivity contribution is 7.17. The fourth-order valence-corrected chi connectivity index (χ4v) is 2.19. The maximum atomic E-state index is 11.8. The molecule has 0 aliphatic heterocycles. The minimum Gasteiger partial charge on any atom is -0.320 e. The lowest BCUT2D eigenvalue weighted by Crippen LogP contribution is -2.10. The summed E-state index contributed by atoms with van der Waals surface area (Å²) in [4.78, 5) is 22.1.